The van der Waals surface area contributed by atoms with Gasteiger partial charge in [0.05, 0.1) is 10.7 Å². The minimum atomic E-state index is -0.684. The van der Waals surface area contributed by atoms with Crippen LogP contribution >= 0.6 is 11.6 Å². The molecule has 6 heteroatoms. The number of anilines is 2. The third-order valence-electron chi connectivity index (χ3n) is 2.20. The number of rotatable bonds is 2. The van der Waals surface area contributed by atoms with Crippen molar-refractivity contribution in [3.8, 4) is 0 Å². The molecule has 0 bridgehead atoms. The average Bonchev–Trinajstić information content (AvgIpc) is 2.35. The van der Waals surface area contributed by atoms with E-state index < -0.39 is 11.7 Å². The number of nitrogen functional groups attached to an aromatic ring is 1. The Bertz CT molecular complexity index is 604. The summed E-state index contributed by atoms with van der Waals surface area (Å²) in [6, 6.07) is 8.96. The summed E-state index contributed by atoms with van der Waals surface area (Å²) in [7, 11) is 0. The summed E-state index contributed by atoms with van der Waals surface area (Å²) in [6.07, 6.45) is 0. The van der Waals surface area contributed by atoms with Crippen LogP contribution in [0.2, 0.25) is 5.02 Å². The molecule has 0 fully saturated rings. The second-order valence-corrected chi connectivity index (χ2v) is 3.91. The molecule has 0 atom stereocenters. The molecule has 0 aliphatic rings. The quantitative estimate of drug-likeness (QED) is 0.877. The number of aromatic nitrogens is 1. The summed E-state index contributed by atoms with van der Waals surface area (Å²) in [6.45, 7) is 0. The van der Waals surface area contributed by atoms with E-state index in [2.05, 4.69) is 10.3 Å². The van der Waals surface area contributed by atoms with Crippen LogP contribution in [-0.4, -0.2) is 10.9 Å². The standard InChI is InChI=1S/C12H9ClFN3O/c13-7-3-1-4-8(11(7)14)17-12(18)9-5-2-6-10(15)16-9/h1-6H,(H2,15,16)(H,17,18). The number of carbonyl (C=O) groups is 1. The zero-order valence-electron chi connectivity index (χ0n) is 9.15. The number of benzene rings is 1. The van der Waals surface area contributed by atoms with Crippen molar-refractivity contribution in [3.05, 3.63) is 52.9 Å². The average molecular weight is 266 g/mol. The molecule has 0 unspecified atom stereocenters. The van der Waals surface area contributed by atoms with Gasteiger partial charge in [-0.15, -0.1) is 0 Å². The lowest BCUT2D eigenvalue weighted by atomic mass is 10.2. The van der Waals surface area contributed by atoms with Crippen molar-refractivity contribution < 1.29 is 9.18 Å². The molecule has 1 heterocycles. The van der Waals surface area contributed by atoms with E-state index >= 15 is 0 Å². The molecule has 1 amide bonds. The lowest BCUT2D eigenvalue weighted by Gasteiger charge is -2.06. The predicted octanol–water partition coefficient (Wildman–Crippen LogP) is 2.71. The van der Waals surface area contributed by atoms with Gasteiger partial charge in [-0.1, -0.05) is 23.7 Å². The highest BCUT2D eigenvalue weighted by atomic mass is 35.5. The van der Waals surface area contributed by atoms with Gasteiger partial charge in [-0.25, -0.2) is 9.37 Å². The zero-order valence-corrected chi connectivity index (χ0v) is 9.91. The van der Waals surface area contributed by atoms with Crippen LogP contribution < -0.4 is 11.1 Å². The number of carbonyl (C=O) groups excluding carboxylic acids is 1. The van der Waals surface area contributed by atoms with Gasteiger partial charge in [0.1, 0.15) is 11.5 Å². The fourth-order valence-corrected chi connectivity index (χ4v) is 1.54. The highest BCUT2D eigenvalue weighted by Gasteiger charge is 2.12. The monoisotopic (exact) mass is 265 g/mol. The van der Waals surface area contributed by atoms with Gasteiger partial charge >= 0.3 is 0 Å². The topological polar surface area (TPSA) is 68.0 Å². The predicted molar refractivity (Wildman–Crippen MR) is 68.0 cm³/mol. The minimum Gasteiger partial charge on any atom is -0.384 e. The van der Waals surface area contributed by atoms with Crippen molar-refractivity contribution in [2.45, 2.75) is 0 Å². The molecule has 0 saturated carbocycles. The number of pyridine rings is 1. The number of hydrogen-bond acceptors (Lipinski definition) is 3. The van der Waals surface area contributed by atoms with E-state index in [1.54, 1.807) is 12.1 Å². The first-order valence-electron chi connectivity index (χ1n) is 5.06. The van der Waals surface area contributed by atoms with E-state index in [0.717, 1.165) is 0 Å². The van der Waals surface area contributed by atoms with Crippen molar-refractivity contribution in [1.29, 1.82) is 0 Å². The van der Waals surface area contributed by atoms with Crippen molar-refractivity contribution >= 4 is 29.0 Å². The Labute approximate surface area is 108 Å². The number of halogens is 2. The zero-order chi connectivity index (χ0) is 13.1. The highest BCUT2D eigenvalue weighted by molar-refractivity contribution is 6.31. The maximum absolute atomic E-state index is 13.6. The van der Waals surface area contributed by atoms with Crippen molar-refractivity contribution in [2.24, 2.45) is 0 Å². The molecular weight excluding hydrogens is 257 g/mol. The number of nitrogens with zero attached hydrogens (tertiary/aromatic N) is 1. The van der Waals surface area contributed by atoms with Gasteiger partial charge in [-0.2, -0.15) is 0 Å². The third kappa shape index (κ3) is 2.57. The first kappa shape index (κ1) is 12.3. The Balaban J connectivity index is 2.24. The van der Waals surface area contributed by atoms with Gasteiger partial charge in [0.25, 0.3) is 5.91 Å². The van der Waals surface area contributed by atoms with Gasteiger partial charge in [-0.05, 0) is 24.3 Å². The van der Waals surface area contributed by atoms with Gasteiger partial charge in [0.15, 0.2) is 5.82 Å². The molecule has 4 nitrogen and oxygen atoms in total. The van der Waals surface area contributed by atoms with E-state index in [1.165, 1.54) is 24.3 Å². The Kier molecular flexibility index (Phi) is 3.43. The molecule has 0 aliphatic carbocycles. The van der Waals surface area contributed by atoms with Crippen molar-refractivity contribution in [2.75, 3.05) is 11.1 Å². The first-order chi connectivity index (χ1) is 8.58. The molecule has 0 radical (unpaired) electrons. The Morgan fingerprint density at radius 2 is 2.00 bits per heavy atom. The van der Waals surface area contributed by atoms with Crippen molar-refractivity contribution in [3.63, 3.8) is 0 Å². The molecular formula is C12H9ClFN3O. The Morgan fingerprint density at radius 3 is 2.72 bits per heavy atom. The molecule has 18 heavy (non-hydrogen) atoms. The lowest BCUT2D eigenvalue weighted by molar-refractivity contribution is 0.102. The van der Waals surface area contributed by atoms with Gasteiger partial charge in [-0.3, -0.25) is 4.79 Å². The summed E-state index contributed by atoms with van der Waals surface area (Å²) in [5.74, 6) is -1.02. The van der Waals surface area contributed by atoms with Crippen LogP contribution in [-0.2, 0) is 0 Å². The summed E-state index contributed by atoms with van der Waals surface area (Å²) in [5.41, 5.74) is 5.56. The van der Waals surface area contributed by atoms with E-state index in [-0.39, 0.29) is 22.2 Å². The van der Waals surface area contributed by atoms with Crippen LogP contribution in [0.3, 0.4) is 0 Å². The van der Waals surface area contributed by atoms with Crippen LogP contribution in [0, 0.1) is 5.82 Å². The number of amides is 1. The first-order valence-corrected chi connectivity index (χ1v) is 5.43. The normalized spacial score (nSPS) is 10.1. The molecule has 2 aromatic rings. The second kappa shape index (κ2) is 5.01. The largest absolute Gasteiger partial charge is 0.384 e. The summed E-state index contributed by atoms with van der Waals surface area (Å²) in [4.78, 5) is 15.6. The molecule has 0 saturated heterocycles. The fourth-order valence-electron chi connectivity index (χ4n) is 1.36. The third-order valence-corrected chi connectivity index (χ3v) is 2.49. The molecule has 0 spiro atoms. The SMILES string of the molecule is Nc1cccc(C(=O)Nc2cccc(Cl)c2F)n1. The van der Waals surface area contributed by atoms with Crippen LogP contribution in [0.5, 0.6) is 0 Å². The Morgan fingerprint density at radius 1 is 1.28 bits per heavy atom. The molecule has 92 valence electrons. The fraction of sp³-hybridized carbons (Fsp3) is 0. The van der Waals surface area contributed by atoms with E-state index in [9.17, 15) is 9.18 Å². The van der Waals surface area contributed by atoms with Crippen molar-refractivity contribution in [1.82, 2.24) is 4.98 Å². The van der Waals surface area contributed by atoms with E-state index in [1.807, 2.05) is 0 Å². The minimum absolute atomic E-state index is 0.00303. The summed E-state index contributed by atoms with van der Waals surface area (Å²) < 4.78 is 13.6. The number of nitrogens with two attached hydrogens (primary N) is 1. The lowest BCUT2D eigenvalue weighted by Crippen LogP contribution is -2.15. The number of nitrogens with one attached hydrogen (secondary N) is 1. The molecule has 2 rings (SSSR count). The maximum Gasteiger partial charge on any atom is 0.274 e. The molecule has 0 aliphatic heterocycles. The molecule has 3 N–H and O–H groups in total. The second-order valence-electron chi connectivity index (χ2n) is 3.50. The molecule has 1 aromatic heterocycles. The van der Waals surface area contributed by atoms with E-state index in [0.29, 0.717) is 0 Å². The smallest absolute Gasteiger partial charge is 0.274 e. The van der Waals surface area contributed by atoms with Crippen LogP contribution in [0.1, 0.15) is 10.5 Å². The van der Waals surface area contributed by atoms with Crippen LogP contribution in [0.15, 0.2) is 36.4 Å². The van der Waals surface area contributed by atoms with Gasteiger partial charge < -0.3 is 11.1 Å². The Hall–Kier alpha value is -2.14. The highest BCUT2D eigenvalue weighted by Crippen LogP contribution is 2.22. The molecule has 1 aromatic carbocycles. The van der Waals surface area contributed by atoms with E-state index in [4.69, 9.17) is 17.3 Å². The summed E-state index contributed by atoms with van der Waals surface area (Å²) in [5, 5.41) is 2.32. The van der Waals surface area contributed by atoms with Gasteiger partial charge in [0, 0.05) is 0 Å². The van der Waals surface area contributed by atoms with Gasteiger partial charge in [0.2, 0.25) is 0 Å². The van der Waals surface area contributed by atoms with Crippen LogP contribution in [0.25, 0.3) is 0 Å². The maximum atomic E-state index is 13.6. The van der Waals surface area contributed by atoms with Crippen LogP contribution in [0.4, 0.5) is 15.9 Å². The summed E-state index contributed by atoms with van der Waals surface area (Å²) >= 11 is 5.61. The number of hydrogen-bond donors (Lipinski definition) is 2.